The summed E-state index contributed by atoms with van der Waals surface area (Å²) in [4.78, 5) is 34.6. The Bertz CT molecular complexity index is 526. The summed E-state index contributed by atoms with van der Waals surface area (Å²) in [5, 5.41) is 54.1. The maximum atomic E-state index is 11.7. The molecule has 0 fully saturated rings. The smallest absolute Gasteiger partial charge is 0.378 e. The van der Waals surface area contributed by atoms with Crippen LogP contribution in [0.25, 0.3) is 0 Å². The molecule has 0 saturated heterocycles. The number of carbonyl (C=O) groups is 3. The van der Waals surface area contributed by atoms with Crippen LogP contribution in [-0.2, 0) is 28.6 Å². The van der Waals surface area contributed by atoms with Gasteiger partial charge in [0.05, 0.1) is 19.8 Å². The van der Waals surface area contributed by atoms with Crippen LogP contribution in [0.5, 0.6) is 0 Å². The maximum Gasteiger partial charge on any atom is 0.378 e. The number of cyclic esters (lactones) is 1. The van der Waals surface area contributed by atoms with Gasteiger partial charge in [-0.2, -0.15) is 0 Å². The fourth-order valence-electron chi connectivity index (χ4n) is 1.49. The minimum absolute atomic E-state index is 0.850. The summed E-state index contributed by atoms with van der Waals surface area (Å²) in [5.41, 5.74) is 0. The molecule has 0 saturated carbocycles. The molecule has 12 nitrogen and oxygen atoms in total. The van der Waals surface area contributed by atoms with Crippen LogP contribution in [0.15, 0.2) is 11.5 Å². The van der Waals surface area contributed by atoms with Crippen LogP contribution >= 0.6 is 0 Å². The topological polar surface area (TPSA) is 200 Å². The minimum Gasteiger partial charge on any atom is -0.445 e. The molecule has 6 N–H and O–H groups in total. The number of aliphatic hydroxyl groups excluding tert-OH is 6. The van der Waals surface area contributed by atoms with Crippen molar-refractivity contribution >= 4 is 17.9 Å². The summed E-state index contributed by atoms with van der Waals surface area (Å²) in [6.45, 7) is -2.98. The summed E-state index contributed by atoms with van der Waals surface area (Å²) in [6.07, 6.45) is -7.51. The third kappa shape index (κ3) is 4.47. The number of aliphatic hydroxyl groups is 6. The van der Waals surface area contributed by atoms with Crippen LogP contribution in [0.1, 0.15) is 0 Å². The molecule has 4 atom stereocenters. The Balaban J connectivity index is 3.14. The van der Waals surface area contributed by atoms with Gasteiger partial charge in [-0.05, 0) is 0 Å². The van der Waals surface area contributed by atoms with E-state index in [0.717, 1.165) is 0 Å². The van der Waals surface area contributed by atoms with E-state index in [-0.39, 0.29) is 0 Å². The Kier molecular flexibility index (Phi) is 7.21. The van der Waals surface area contributed by atoms with Crippen molar-refractivity contribution in [2.75, 3.05) is 19.8 Å². The molecule has 0 aliphatic carbocycles. The molecular weight excluding hydrogens is 336 g/mol. The summed E-state index contributed by atoms with van der Waals surface area (Å²) in [7, 11) is 0. The van der Waals surface area contributed by atoms with E-state index in [1.165, 1.54) is 0 Å². The largest absolute Gasteiger partial charge is 0.445 e. The standard InChI is InChI=1S/C12H16O12/c13-1-4(16)7-8(23-10(19)5(17)2-14)9(12(21)22-7)24-11(20)6(18)3-15/h4-7,13-18H,1-3H2/t4-,5?,6?,7+/m0/s1. The lowest BCUT2D eigenvalue weighted by Crippen LogP contribution is -2.35. The second-order valence-electron chi connectivity index (χ2n) is 4.51. The summed E-state index contributed by atoms with van der Waals surface area (Å²) >= 11 is 0. The van der Waals surface area contributed by atoms with Gasteiger partial charge in [0.1, 0.15) is 6.10 Å². The van der Waals surface area contributed by atoms with Gasteiger partial charge in [-0.3, -0.25) is 0 Å². The molecule has 12 heteroatoms. The molecule has 0 aromatic heterocycles. The first-order valence-corrected chi connectivity index (χ1v) is 6.52. The van der Waals surface area contributed by atoms with E-state index in [9.17, 15) is 19.5 Å². The first-order valence-electron chi connectivity index (χ1n) is 6.52. The van der Waals surface area contributed by atoms with Crippen LogP contribution in [0.2, 0.25) is 0 Å². The average molecular weight is 352 g/mol. The van der Waals surface area contributed by atoms with Gasteiger partial charge in [-0.15, -0.1) is 0 Å². The van der Waals surface area contributed by atoms with Gasteiger partial charge in [0.15, 0.2) is 18.3 Å². The highest BCUT2D eigenvalue weighted by molar-refractivity contribution is 5.94. The minimum atomic E-state index is -2.01. The highest BCUT2D eigenvalue weighted by atomic mass is 16.6. The summed E-state index contributed by atoms with van der Waals surface area (Å²) < 4.78 is 13.7. The molecule has 24 heavy (non-hydrogen) atoms. The van der Waals surface area contributed by atoms with E-state index >= 15 is 0 Å². The van der Waals surface area contributed by atoms with Gasteiger partial charge in [0.25, 0.3) is 5.76 Å². The highest BCUT2D eigenvalue weighted by Gasteiger charge is 2.44. The predicted octanol–water partition coefficient (Wildman–Crippen LogP) is -4.73. The van der Waals surface area contributed by atoms with Gasteiger partial charge < -0.3 is 44.8 Å². The molecule has 1 heterocycles. The SMILES string of the molecule is O=C1O[C@H]([C@@H](O)CO)C(OC(=O)C(O)CO)=C1OC(=O)C(O)CO. The van der Waals surface area contributed by atoms with Crippen molar-refractivity contribution < 1.29 is 59.2 Å². The van der Waals surface area contributed by atoms with Crippen molar-refractivity contribution in [2.24, 2.45) is 0 Å². The Morgan fingerprint density at radius 1 is 0.958 bits per heavy atom. The summed E-state index contributed by atoms with van der Waals surface area (Å²) in [5.74, 6) is -6.19. The zero-order chi connectivity index (χ0) is 18.4. The number of hydrogen-bond donors (Lipinski definition) is 6. The molecule has 2 unspecified atom stereocenters. The van der Waals surface area contributed by atoms with Gasteiger partial charge in [-0.1, -0.05) is 0 Å². The quantitative estimate of drug-likeness (QED) is 0.180. The number of carbonyl (C=O) groups excluding carboxylic acids is 3. The lowest BCUT2D eigenvalue weighted by atomic mass is 10.2. The molecule has 136 valence electrons. The molecular formula is C12H16O12. The second kappa shape index (κ2) is 8.68. The lowest BCUT2D eigenvalue weighted by Gasteiger charge is -2.18. The second-order valence-corrected chi connectivity index (χ2v) is 4.51. The van der Waals surface area contributed by atoms with Gasteiger partial charge in [-0.25, -0.2) is 14.4 Å². The van der Waals surface area contributed by atoms with Crippen molar-refractivity contribution in [3.63, 3.8) is 0 Å². The van der Waals surface area contributed by atoms with Crippen molar-refractivity contribution in [3.05, 3.63) is 11.5 Å². The molecule has 0 aromatic rings. The summed E-state index contributed by atoms with van der Waals surface area (Å²) in [6, 6.07) is 0. The van der Waals surface area contributed by atoms with E-state index in [4.69, 9.17) is 25.5 Å². The number of esters is 3. The molecule has 1 rings (SSSR count). The van der Waals surface area contributed by atoms with Gasteiger partial charge in [0, 0.05) is 0 Å². The van der Waals surface area contributed by atoms with Gasteiger partial charge >= 0.3 is 17.9 Å². The van der Waals surface area contributed by atoms with E-state index < -0.39 is 73.7 Å². The van der Waals surface area contributed by atoms with Gasteiger partial charge in [0.2, 0.25) is 5.76 Å². The molecule has 1 aliphatic rings. The number of rotatable bonds is 8. The fourth-order valence-corrected chi connectivity index (χ4v) is 1.49. The Hall–Kier alpha value is -2.09. The van der Waals surface area contributed by atoms with Crippen molar-refractivity contribution in [1.29, 1.82) is 0 Å². The normalized spacial score (nSPS) is 21.1. The van der Waals surface area contributed by atoms with Crippen LogP contribution in [0.3, 0.4) is 0 Å². The van der Waals surface area contributed by atoms with Crippen LogP contribution in [-0.4, -0.2) is 92.8 Å². The maximum absolute atomic E-state index is 11.7. The molecule has 1 aliphatic heterocycles. The molecule has 0 spiro atoms. The molecule has 0 radical (unpaired) electrons. The van der Waals surface area contributed by atoms with Crippen molar-refractivity contribution in [2.45, 2.75) is 24.4 Å². The molecule has 0 bridgehead atoms. The van der Waals surface area contributed by atoms with E-state index in [1.807, 2.05) is 0 Å². The third-order valence-corrected chi connectivity index (χ3v) is 2.74. The van der Waals surface area contributed by atoms with E-state index in [0.29, 0.717) is 0 Å². The Labute approximate surface area is 134 Å². The average Bonchev–Trinajstić information content (AvgIpc) is 2.88. The van der Waals surface area contributed by atoms with E-state index in [1.54, 1.807) is 0 Å². The molecule has 0 aromatic carbocycles. The predicted molar refractivity (Wildman–Crippen MR) is 68.4 cm³/mol. The van der Waals surface area contributed by atoms with Crippen molar-refractivity contribution in [3.8, 4) is 0 Å². The van der Waals surface area contributed by atoms with Crippen LogP contribution in [0.4, 0.5) is 0 Å². The Morgan fingerprint density at radius 2 is 1.46 bits per heavy atom. The van der Waals surface area contributed by atoms with Crippen LogP contribution in [0, 0.1) is 0 Å². The highest BCUT2D eigenvalue weighted by Crippen LogP contribution is 2.28. The first-order chi connectivity index (χ1) is 11.3. The van der Waals surface area contributed by atoms with E-state index in [2.05, 4.69) is 14.2 Å². The lowest BCUT2D eigenvalue weighted by molar-refractivity contribution is -0.159. The first kappa shape index (κ1) is 20.0. The van der Waals surface area contributed by atoms with Crippen LogP contribution < -0.4 is 0 Å². The third-order valence-electron chi connectivity index (χ3n) is 2.74. The zero-order valence-electron chi connectivity index (χ0n) is 12.1. The Morgan fingerprint density at radius 3 is 1.92 bits per heavy atom. The monoisotopic (exact) mass is 352 g/mol. The van der Waals surface area contributed by atoms with Crippen molar-refractivity contribution in [1.82, 2.24) is 0 Å². The fraction of sp³-hybridized carbons (Fsp3) is 0.583. The number of ether oxygens (including phenoxy) is 3. The number of hydrogen-bond acceptors (Lipinski definition) is 12. The molecule has 0 amide bonds. The zero-order valence-corrected chi connectivity index (χ0v) is 12.1.